The third-order valence-corrected chi connectivity index (χ3v) is 4.27. The van der Waals surface area contributed by atoms with Crippen molar-refractivity contribution in [2.75, 3.05) is 27.2 Å². The van der Waals surface area contributed by atoms with Crippen LogP contribution in [0, 0.1) is 5.41 Å². The van der Waals surface area contributed by atoms with Gasteiger partial charge in [-0.05, 0) is 43.9 Å². The third-order valence-electron chi connectivity index (χ3n) is 4.27. The quantitative estimate of drug-likeness (QED) is 0.482. The number of nitrogens with two attached hydrogens (primary N) is 2. The number of benzene rings is 2. The number of aliphatic hydroxyl groups excluding tert-OH is 1. The minimum Gasteiger partial charge on any atom is -0.458 e. The Bertz CT molecular complexity index is 938. The number of nitrogens with one attached hydrogen (secondary N) is 1. The molecule has 0 saturated heterocycles. The Morgan fingerprint density at radius 3 is 2.40 bits per heavy atom. The van der Waals surface area contributed by atoms with Crippen molar-refractivity contribution in [1.29, 1.82) is 5.41 Å². The maximum atomic E-state index is 9.12. The van der Waals surface area contributed by atoms with E-state index in [4.69, 9.17) is 26.7 Å². The molecular formula is C21H27N7O2. The second kappa shape index (κ2) is 9.14. The van der Waals surface area contributed by atoms with Gasteiger partial charge in [0.15, 0.2) is 5.84 Å². The fraction of sp³-hybridized carbons (Fsp3) is 0.286. The number of hydrogen-bond acceptors (Lipinski definition) is 8. The third kappa shape index (κ3) is 5.49. The van der Waals surface area contributed by atoms with Gasteiger partial charge in [0.2, 0.25) is 5.85 Å². The summed E-state index contributed by atoms with van der Waals surface area (Å²) in [4.78, 5) is 6.64. The molecule has 1 aliphatic rings. The van der Waals surface area contributed by atoms with Gasteiger partial charge in [0, 0.05) is 6.54 Å². The molecule has 2 aromatic rings. The maximum absolute atomic E-state index is 9.12. The predicted octanol–water partition coefficient (Wildman–Crippen LogP) is 1.11. The van der Waals surface area contributed by atoms with Crippen molar-refractivity contribution in [1.82, 2.24) is 9.91 Å². The Morgan fingerprint density at radius 2 is 1.80 bits per heavy atom. The molecule has 6 N–H and O–H groups in total. The molecule has 1 heterocycles. The maximum Gasteiger partial charge on any atom is 0.236 e. The van der Waals surface area contributed by atoms with Gasteiger partial charge in [0.1, 0.15) is 23.8 Å². The minimum absolute atomic E-state index is 0.249. The van der Waals surface area contributed by atoms with Crippen LogP contribution in [0.3, 0.4) is 0 Å². The number of aliphatic hydroxyl groups is 1. The molecule has 0 aromatic heterocycles. The Labute approximate surface area is 175 Å². The smallest absolute Gasteiger partial charge is 0.236 e. The number of aliphatic imine (C=N–C) groups is 1. The summed E-state index contributed by atoms with van der Waals surface area (Å²) >= 11 is 0. The number of rotatable bonds is 8. The zero-order chi connectivity index (χ0) is 21.7. The average molecular weight is 409 g/mol. The van der Waals surface area contributed by atoms with Gasteiger partial charge < -0.3 is 14.7 Å². The Kier molecular flexibility index (Phi) is 6.58. The second-order valence-corrected chi connectivity index (χ2v) is 7.35. The fourth-order valence-electron chi connectivity index (χ4n) is 2.87. The zero-order valence-electron chi connectivity index (χ0n) is 17.1. The van der Waals surface area contributed by atoms with E-state index in [0.29, 0.717) is 30.2 Å². The lowest BCUT2D eigenvalue weighted by Crippen LogP contribution is -2.57. The Hall–Kier alpha value is -3.11. The molecule has 0 bridgehead atoms. The average Bonchev–Trinajstić information content (AvgIpc) is 2.98. The second-order valence-electron chi connectivity index (χ2n) is 7.35. The van der Waals surface area contributed by atoms with Gasteiger partial charge in [-0.3, -0.25) is 16.9 Å². The van der Waals surface area contributed by atoms with Crippen LogP contribution in [-0.2, 0) is 6.54 Å². The highest BCUT2D eigenvalue weighted by molar-refractivity contribution is 6.70. The van der Waals surface area contributed by atoms with Crippen LogP contribution in [0.1, 0.15) is 5.56 Å². The standard InChI is InChI=1S/C21H27N7O2/c1-27(2)13-18-19(20(22)28(26-18)12-15-6-4-3-5-7-15)25-16-8-10-17(11-9-16)30-21(23,24)14-29/h3-11,22,29H,12-14,23-24H2,1-2H3. The summed E-state index contributed by atoms with van der Waals surface area (Å²) in [6, 6.07) is 16.7. The molecule has 3 rings (SSSR count). The first kappa shape index (κ1) is 21.6. The number of ether oxygens (including phenoxy) is 1. The monoisotopic (exact) mass is 409 g/mol. The van der Waals surface area contributed by atoms with Crippen molar-refractivity contribution in [2.24, 2.45) is 21.6 Å². The summed E-state index contributed by atoms with van der Waals surface area (Å²) in [5, 5.41) is 24.0. The van der Waals surface area contributed by atoms with Crippen LogP contribution in [0.25, 0.3) is 0 Å². The molecule has 1 aliphatic heterocycles. The molecule has 0 amide bonds. The molecule has 30 heavy (non-hydrogen) atoms. The van der Waals surface area contributed by atoms with E-state index in [2.05, 4.69) is 10.1 Å². The van der Waals surface area contributed by atoms with Crippen LogP contribution in [-0.4, -0.2) is 65.4 Å². The van der Waals surface area contributed by atoms with E-state index >= 15 is 0 Å². The summed E-state index contributed by atoms with van der Waals surface area (Å²) in [5.41, 5.74) is 14.2. The van der Waals surface area contributed by atoms with Crippen LogP contribution >= 0.6 is 0 Å². The van der Waals surface area contributed by atoms with Crippen molar-refractivity contribution in [3.05, 3.63) is 60.2 Å². The molecule has 0 saturated carbocycles. The van der Waals surface area contributed by atoms with Crippen molar-refractivity contribution in [2.45, 2.75) is 12.4 Å². The lowest BCUT2D eigenvalue weighted by molar-refractivity contribution is 0.0198. The van der Waals surface area contributed by atoms with Crippen LogP contribution in [0.2, 0.25) is 0 Å². The van der Waals surface area contributed by atoms with E-state index < -0.39 is 12.5 Å². The first-order valence-corrected chi connectivity index (χ1v) is 9.47. The van der Waals surface area contributed by atoms with Gasteiger partial charge in [-0.15, -0.1) is 0 Å². The van der Waals surface area contributed by atoms with Gasteiger partial charge in [0.05, 0.1) is 12.2 Å². The molecule has 0 fully saturated rings. The van der Waals surface area contributed by atoms with E-state index in [-0.39, 0.29) is 5.84 Å². The molecule has 0 atom stereocenters. The summed E-state index contributed by atoms with van der Waals surface area (Å²) in [5.74, 6) is -0.989. The topological polar surface area (TPSA) is 137 Å². The molecule has 0 spiro atoms. The molecule has 0 aliphatic carbocycles. The fourth-order valence-corrected chi connectivity index (χ4v) is 2.87. The first-order valence-electron chi connectivity index (χ1n) is 9.47. The van der Waals surface area contributed by atoms with E-state index in [0.717, 1.165) is 11.3 Å². The Morgan fingerprint density at radius 1 is 1.13 bits per heavy atom. The molecule has 0 radical (unpaired) electrons. The summed E-state index contributed by atoms with van der Waals surface area (Å²) < 4.78 is 5.33. The van der Waals surface area contributed by atoms with Gasteiger partial charge in [0.25, 0.3) is 0 Å². The molecular weight excluding hydrogens is 382 g/mol. The van der Waals surface area contributed by atoms with Crippen LogP contribution in [0.5, 0.6) is 5.75 Å². The summed E-state index contributed by atoms with van der Waals surface area (Å²) in [6.07, 6.45) is 0. The number of hydrogen-bond donors (Lipinski definition) is 4. The largest absolute Gasteiger partial charge is 0.458 e. The highest BCUT2D eigenvalue weighted by Gasteiger charge is 2.29. The zero-order valence-corrected chi connectivity index (χ0v) is 17.1. The highest BCUT2D eigenvalue weighted by Crippen LogP contribution is 2.22. The first-order chi connectivity index (χ1) is 14.3. The lowest BCUT2D eigenvalue weighted by atomic mass is 10.2. The molecule has 2 aromatic carbocycles. The van der Waals surface area contributed by atoms with Gasteiger partial charge in [-0.1, -0.05) is 30.3 Å². The van der Waals surface area contributed by atoms with Gasteiger partial charge >= 0.3 is 0 Å². The summed E-state index contributed by atoms with van der Waals surface area (Å²) in [7, 11) is 3.89. The van der Waals surface area contributed by atoms with Crippen molar-refractivity contribution >= 4 is 22.9 Å². The van der Waals surface area contributed by atoms with Gasteiger partial charge in [-0.2, -0.15) is 5.10 Å². The van der Waals surface area contributed by atoms with Gasteiger partial charge in [-0.25, -0.2) is 10.0 Å². The van der Waals surface area contributed by atoms with Crippen molar-refractivity contribution < 1.29 is 9.84 Å². The molecule has 0 unspecified atom stereocenters. The van der Waals surface area contributed by atoms with Crippen molar-refractivity contribution in [3.63, 3.8) is 0 Å². The SMILES string of the molecule is CN(C)CC1=NN(Cc2ccccc2)C(=N)C1=Nc1ccc(OC(N)(N)CO)cc1. The predicted molar refractivity (Wildman–Crippen MR) is 118 cm³/mol. The molecule has 9 nitrogen and oxygen atoms in total. The minimum atomic E-state index is -1.65. The molecule has 9 heteroatoms. The van der Waals surface area contributed by atoms with E-state index in [9.17, 15) is 0 Å². The van der Waals surface area contributed by atoms with E-state index in [1.54, 1.807) is 29.3 Å². The van der Waals surface area contributed by atoms with Crippen LogP contribution in [0.4, 0.5) is 5.69 Å². The highest BCUT2D eigenvalue weighted by atomic mass is 16.5. The lowest BCUT2D eigenvalue weighted by Gasteiger charge is -2.23. The normalized spacial score (nSPS) is 15.8. The number of amidine groups is 1. The Balaban J connectivity index is 1.82. The summed E-state index contributed by atoms with van der Waals surface area (Å²) in [6.45, 7) is 0.543. The van der Waals surface area contributed by atoms with E-state index in [1.165, 1.54) is 0 Å². The van der Waals surface area contributed by atoms with Crippen LogP contribution < -0.4 is 16.2 Å². The number of nitrogens with zero attached hydrogens (tertiary/aromatic N) is 4. The number of hydrazone groups is 1. The molecule has 158 valence electrons. The van der Waals surface area contributed by atoms with Crippen LogP contribution in [0.15, 0.2) is 64.7 Å². The van der Waals surface area contributed by atoms with E-state index in [1.807, 2.05) is 49.3 Å². The van der Waals surface area contributed by atoms with Crippen molar-refractivity contribution in [3.8, 4) is 5.75 Å².